The predicted octanol–water partition coefficient (Wildman–Crippen LogP) is 0.384. The van der Waals surface area contributed by atoms with Crippen molar-refractivity contribution in [1.82, 2.24) is 5.32 Å². The minimum absolute atomic E-state index is 0.0456. The molecule has 0 aliphatic rings. The Bertz CT molecular complexity index is 553. The van der Waals surface area contributed by atoms with Crippen LogP contribution in [0.3, 0.4) is 0 Å². The molecule has 106 valence electrons. The molecule has 0 aliphatic carbocycles. The third kappa shape index (κ3) is 3.80. The number of ether oxygens (including phenoxy) is 1. The summed E-state index contributed by atoms with van der Waals surface area (Å²) in [5, 5.41) is 12.9. The Morgan fingerprint density at radius 1 is 1.35 bits per heavy atom. The summed E-state index contributed by atoms with van der Waals surface area (Å²) in [7, 11) is 0. The number of carbonyl (C=O) groups is 2. The van der Waals surface area contributed by atoms with Gasteiger partial charge in [-0.3, -0.25) is 14.9 Å². The molecule has 0 atom stereocenters. The van der Waals surface area contributed by atoms with Crippen molar-refractivity contribution < 1.29 is 19.2 Å². The van der Waals surface area contributed by atoms with Crippen LogP contribution in [0.5, 0.6) is 0 Å². The number of rotatable bonds is 5. The Kier molecular flexibility index (Phi) is 5.21. The number of carbonyl (C=O) groups excluding carboxylic acids is 2. The highest BCUT2D eigenvalue weighted by Crippen LogP contribution is 2.04. The molecule has 0 saturated heterocycles. The summed E-state index contributed by atoms with van der Waals surface area (Å²) >= 11 is 0. The highest BCUT2D eigenvalue weighted by atomic mass is 16.6. The monoisotopic (exact) mass is 279 g/mol. The van der Waals surface area contributed by atoms with Crippen LogP contribution in [0.25, 0.3) is 0 Å². The summed E-state index contributed by atoms with van der Waals surface area (Å²) in [4.78, 5) is 32.9. The number of nitrogens with zero attached hydrogens (tertiary/aromatic N) is 1. The van der Waals surface area contributed by atoms with Gasteiger partial charge in [0.2, 0.25) is 0 Å². The predicted molar refractivity (Wildman–Crippen MR) is 68.7 cm³/mol. The maximum atomic E-state index is 11.8. The molecular formula is C12H13N3O5. The topological polar surface area (TPSA) is 125 Å². The zero-order valence-corrected chi connectivity index (χ0v) is 10.7. The van der Waals surface area contributed by atoms with E-state index in [4.69, 9.17) is 5.73 Å². The summed E-state index contributed by atoms with van der Waals surface area (Å²) in [6, 6.07) is 7.94. The molecule has 0 saturated carbocycles. The van der Waals surface area contributed by atoms with Gasteiger partial charge in [-0.15, -0.1) is 0 Å². The fraction of sp³-hybridized carbons (Fsp3) is 0.167. The van der Waals surface area contributed by atoms with E-state index in [0.717, 1.165) is 0 Å². The Hall–Kier alpha value is -2.90. The van der Waals surface area contributed by atoms with Crippen LogP contribution >= 0.6 is 0 Å². The van der Waals surface area contributed by atoms with E-state index in [9.17, 15) is 19.7 Å². The van der Waals surface area contributed by atoms with E-state index in [0.29, 0.717) is 0 Å². The van der Waals surface area contributed by atoms with Crippen molar-refractivity contribution in [2.75, 3.05) is 6.61 Å². The SMILES string of the molecule is CCOC(=O)C(=C(N)NC(=O)c1ccccc1)[N+](=O)[O-]. The number of amides is 1. The average molecular weight is 279 g/mol. The van der Waals surface area contributed by atoms with Gasteiger partial charge in [0.1, 0.15) is 0 Å². The maximum absolute atomic E-state index is 11.8. The molecule has 20 heavy (non-hydrogen) atoms. The van der Waals surface area contributed by atoms with E-state index >= 15 is 0 Å². The third-order valence-electron chi connectivity index (χ3n) is 2.19. The largest absolute Gasteiger partial charge is 0.458 e. The fourth-order valence-corrected chi connectivity index (χ4v) is 1.33. The number of hydrogen-bond donors (Lipinski definition) is 2. The number of nitro groups is 1. The molecule has 0 spiro atoms. The van der Waals surface area contributed by atoms with Crippen LogP contribution in [-0.2, 0) is 9.53 Å². The van der Waals surface area contributed by atoms with Gasteiger partial charge in [0.05, 0.1) is 11.5 Å². The van der Waals surface area contributed by atoms with Crippen LogP contribution in [0.1, 0.15) is 17.3 Å². The van der Waals surface area contributed by atoms with Crippen LogP contribution in [0.2, 0.25) is 0 Å². The van der Waals surface area contributed by atoms with E-state index in [1.807, 2.05) is 0 Å². The maximum Gasteiger partial charge on any atom is 0.413 e. The number of hydrogen-bond acceptors (Lipinski definition) is 6. The van der Waals surface area contributed by atoms with E-state index < -0.39 is 28.3 Å². The number of nitrogens with two attached hydrogens (primary N) is 1. The smallest absolute Gasteiger partial charge is 0.413 e. The van der Waals surface area contributed by atoms with Crippen molar-refractivity contribution >= 4 is 11.9 Å². The van der Waals surface area contributed by atoms with Gasteiger partial charge in [0, 0.05) is 5.56 Å². The minimum Gasteiger partial charge on any atom is -0.458 e. The molecule has 0 radical (unpaired) electrons. The molecule has 3 N–H and O–H groups in total. The first-order valence-electron chi connectivity index (χ1n) is 5.65. The van der Waals surface area contributed by atoms with Crippen molar-refractivity contribution in [1.29, 1.82) is 0 Å². The molecule has 8 nitrogen and oxygen atoms in total. The lowest BCUT2D eigenvalue weighted by Crippen LogP contribution is -2.33. The lowest BCUT2D eigenvalue weighted by molar-refractivity contribution is -0.422. The van der Waals surface area contributed by atoms with Crippen LogP contribution in [-0.4, -0.2) is 23.4 Å². The van der Waals surface area contributed by atoms with Gasteiger partial charge in [0.25, 0.3) is 5.91 Å². The van der Waals surface area contributed by atoms with Crippen molar-refractivity contribution in [3.63, 3.8) is 0 Å². The van der Waals surface area contributed by atoms with Gasteiger partial charge in [-0.05, 0) is 19.1 Å². The second kappa shape index (κ2) is 6.88. The summed E-state index contributed by atoms with van der Waals surface area (Å²) in [6.45, 7) is 1.45. The van der Waals surface area contributed by atoms with Crippen molar-refractivity contribution in [3.8, 4) is 0 Å². The molecule has 0 bridgehead atoms. The molecule has 0 aromatic heterocycles. The van der Waals surface area contributed by atoms with Crippen LogP contribution < -0.4 is 11.1 Å². The second-order valence-electron chi connectivity index (χ2n) is 3.56. The molecule has 1 aromatic carbocycles. The summed E-state index contributed by atoms with van der Waals surface area (Å²) < 4.78 is 4.50. The van der Waals surface area contributed by atoms with Gasteiger partial charge in [-0.1, -0.05) is 18.2 Å². The van der Waals surface area contributed by atoms with Gasteiger partial charge < -0.3 is 15.8 Å². The first-order valence-corrected chi connectivity index (χ1v) is 5.65. The van der Waals surface area contributed by atoms with Gasteiger partial charge >= 0.3 is 11.7 Å². The van der Waals surface area contributed by atoms with E-state index in [2.05, 4.69) is 10.1 Å². The Morgan fingerprint density at radius 2 is 1.95 bits per heavy atom. The van der Waals surface area contributed by atoms with E-state index in [1.54, 1.807) is 18.2 Å². The lowest BCUT2D eigenvalue weighted by Gasteiger charge is -2.06. The van der Waals surface area contributed by atoms with Crippen molar-refractivity contribution in [2.45, 2.75) is 6.92 Å². The lowest BCUT2D eigenvalue weighted by atomic mass is 10.2. The van der Waals surface area contributed by atoms with Crippen LogP contribution in [0.15, 0.2) is 41.8 Å². The number of nitrogens with one attached hydrogen (secondary N) is 1. The highest BCUT2D eigenvalue weighted by Gasteiger charge is 2.29. The summed E-state index contributed by atoms with van der Waals surface area (Å²) in [6.07, 6.45) is 0. The molecule has 8 heteroatoms. The number of benzene rings is 1. The van der Waals surface area contributed by atoms with Crippen molar-refractivity contribution in [3.05, 3.63) is 57.5 Å². The zero-order valence-electron chi connectivity index (χ0n) is 10.7. The first-order chi connectivity index (χ1) is 9.47. The van der Waals surface area contributed by atoms with Gasteiger partial charge in [-0.25, -0.2) is 4.79 Å². The number of esters is 1. The van der Waals surface area contributed by atoms with E-state index in [1.165, 1.54) is 19.1 Å². The Morgan fingerprint density at radius 3 is 2.45 bits per heavy atom. The Labute approximate surface area is 114 Å². The highest BCUT2D eigenvalue weighted by molar-refractivity contribution is 5.96. The zero-order chi connectivity index (χ0) is 15.1. The second-order valence-corrected chi connectivity index (χ2v) is 3.56. The molecular weight excluding hydrogens is 266 g/mol. The molecule has 0 heterocycles. The molecule has 0 aliphatic heterocycles. The molecule has 1 aromatic rings. The van der Waals surface area contributed by atoms with Crippen LogP contribution in [0, 0.1) is 10.1 Å². The van der Waals surface area contributed by atoms with Gasteiger partial charge in [-0.2, -0.15) is 0 Å². The minimum atomic E-state index is -1.21. The summed E-state index contributed by atoms with van der Waals surface area (Å²) in [5.74, 6) is -2.53. The first kappa shape index (κ1) is 15.2. The third-order valence-corrected chi connectivity index (χ3v) is 2.19. The quantitative estimate of drug-likeness (QED) is 0.347. The summed E-state index contributed by atoms with van der Waals surface area (Å²) in [5.41, 5.74) is 4.64. The molecule has 0 unspecified atom stereocenters. The fourth-order valence-electron chi connectivity index (χ4n) is 1.33. The van der Waals surface area contributed by atoms with E-state index in [-0.39, 0.29) is 12.2 Å². The standard InChI is InChI=1S/C12H13N3O5/c1-2-20-12(17)9(15(18)19)10(13)14-11(16)8-6-4-3-5-7-8/h3-7H,2,13H2,1H3,(H,14,16). The molecule has 1 rings (SSSR count). The van der Waals surface area contributed by atoms with Crippen LogP contribution in [0.4, 0.5) is 0 Å². The Balaban J connectivity index is 2.97. The van der Waals surface area contributed by atoms with Gasteiger partial charge in [0.15, 0.2) is 5.82 Å². The molecule has 0 fully saturated rings. The normalized spacial score (nSPS) is 11.2. The average Bonchev–Trinajstić information content (AvgIpc) is 2.39. The van der Waals surface area contributed by atoms with Crippen molar-refractivity contribution in [2.24, 2.45) is 5.73 Å². The molecule has 1 amide bonds.